The molecule has 4 N–H and O–H groups in total. The predicted molar refractivity (Wildman–Crippen MR) is 83.5 cm³/mol. The van der Waals surface area contributed by atoms with Crippen molar-refractivity contribution in [1.82, 2.24) is 0 Å². The van der Waals surface area contributed by atoms with E-state index in [1.807, 2.05) is 0 Å². The standard InChI is InChI=1S/C15H13ClFN3O2/c16-12-7-11(19-14(21)8-18)5-6-13(12)20-15(22)9-1-3-10(17)4-2-9/h1-7H,8,18H2,(H,19,21)(H,20,22). The Balaban J connectivity index is 2.11. The Morgan fingerprint density at radius 1 is 1.09 bits per heavy atom. The van der Waals surface area contributed by atoms with Gasteiger partial charge >= 0.3 is 0 Å². The quantitative estimate of drug-likeness (QED) is 0.809. The number of hydrogen-bond donors (Lipinski definition) is 3. The van der Waals surface area contributed by atoms with Crippen LogP contribution in [-0.4, -0.2) is 18.4 Å². The van der Waals surface area contributed by atoms with Crippen LogP contribution in [0.4, 0.5) is 15.8 Å². The molecule has 0 aliphatic rings. The highest BCUT2D eigenvalue weighted by Gasteiger charge is 2.10. The smallest absolute Gasteiger partial charge is 0.255 e. The summed E-state index contributed by atoms with van der Waals surface area (Å²) in [6.45, 7) is -0.138. The average molecular weight is 322 g/mol. The van der Waals surface area contributed by atoms with E-state index in [0.717, 1.165) is 0 Å². The monoisotopic (exact) mass is 321 g/mol. The molecule has 0 heterocycles. The van der Waals surface area contributed by atoms with Crippen molar-refractivity contribution in [3.05, 3.63) is 58.9 Å². The minimum absolute atomic E-state index is 0.138. The minimum atomic E-state index is -0.422. The van der Waals surface area contributed by atoms with Crippen LogP contribution < -0.4 is 16.4 Å². The summed E-state index contributed by atoms with van der Waals surface area (Å²) in [6, 6.07) is 9.76. The third kappa shape index (κ3) is 4.03. The van der Waals surface area contributed by atoms with E-state index < -0.39 is 11.7 Å². The molecule has 0 fully saturated rings. The second-order valence-electron chi connectivity index (χ2n) is 4.41. The maximum atomic E-state index is 12.8. The molecule has 2 aromatic rings. The maximum absolute atomic E-state index is 12.8. The van der Waals surface area contributed by atoms with E-state index in [9.17, 15) is 14.0 Å². The van der Waals surface area contributed by atoms with E-state index in [1.54, 1.807) is 12.1 Å². The lowest BCUT2D eigenvalue weighted by molar-refractivity contribution is -0.114. The van der Waals surface area contributed by atoms with Crippen LogP contribution in [0, 0.1) is 5.82 Å². The molecule has 0 spiro atoms. The fraction of sp³-hybridized carbons (Fsp3) is 0.0667. The van der Waals surface area contributed by atoms with Crippen LogP contribution in [0.3, 0.4) is 0 Å². The van der Waals surface area contributed by atoms with Gasteiger partial charge < -0.3 is 16.4 Å². The third-order valence-corrected chi connectivity index (χ3v) is 3.11. The summed E-state index contributed by atoms with van der Waals surface area (Å²) in [4.78, 5) is 23.2. The molecule has 7 heteroatoms. The second-order valence-corrected chi connectivity index (χ2v) is 4.82. The van der Waals surface area contributed by atoms with Gasteiger partial charge in [-0.2, -0.15) is 0 Å². The number of anilines is 2. The molecule has 0 atom stereocenters. The molecule has 0 aromatic heterocycles. The SMILES string of the molecule is NCC(=O)Nc1ccc(NC(=O)c2ccc(F)cc2)c(Cl)c1. The molecule has 0 saturated heterocycles. The third-order valence-electron chi connectivity index (χ3n) is 2.79. The first-order chi connectivity index (χ1) is 10.5. The van der Waals surface area contributed by atoms with Crippen molar-refractivity contribution in [1.29, 1.82) is 0 Å². The topological polar surface area (TPSA) is 84.2 Å². The Bertz CT molecular complexity index is 704. The number of carbonyl (C=O) groups excluding carboxylic acids is 2. The molecule has 0 radical (unpaired) electrons. The van der Waals surface area contributed by atoms with Crippen molar-refractivity contribution in [3.8, 4) is 0 Å². The van der Waals surface area contributed by atoms with Crippen LogP contribution in [-0.2, 0) is 4.79 Å². The lowest BCUT2D eigenvalue weighted by Gasteiger charge is -2.10. The van der Waals surface area contributed by atoms with Crippen molar-refractivity contribution in [2.75, 3.05) is 17.2 Å². The van der Waals surface area contributed by atoms with Gasteiger partial charge in [-0.25, -0.2) is 4.39 Å². The van der Waals surface area contributed by atoms with Crippen molar-refractivity contribution < 1.29 is 14.0 Å². The van der Waals surface area contributed by atoms with Gasteiger partial charge in [-0.3, -0.25) is 9.59 Å². The van der Waals surface area contributed by atoms with E-state index in [-0.39, 0.29) is 17.5 Å². The molecule has 114 valence electrons. The highest BCUT2D eigenvalue weighted by molar-refractivity contribution is 6.34. The van der Waals surface area contributed by atoms with Gasteiger partial charge in [0.05, 0.1) is 17.3 Å². The Morgan fingerprint density at radius 2 is 1.77 bits per heavy atom. The summed E-state index contributed by atoms with van der Waals surface area (Å²) in [6.07, 6.45) is 0. The van der Waals surface area contributed by atoms with E-state index in [1.165, 1.54) is 30.3 Å². The summed E-state index contributed by atoms with van der Waals surface area (Å²) >= 11 is 6.06. The molecule has 0 aliphatic carbocycles. The Kier molecular flexibility index (Phi) is 5.08. The van der Waals surface area contributed by atoms with Gasteiger partial charge in [0.2, 0.25) is 5.91 Å². The van der Waals surface area contributed by atoms with Crippen LogP contribution in [0.15, 0.2) is 42.5 Å². The summed E-state index contributed by atoms with van der Waals surface area (Å²) < 4.78 is 12.8. The highest BCUT2D eigenvalue weighted by atomic mass is 35.5. The van der Waals surface area contributed by atoms with Crippen molar-refractivity contribution >= 4 is 34.8 Å². The van der Waals surface area contributed by atoms with Crippen LogP contribution in [0.25, 0.3) is 0 Å². The first kappa shape index (κ1) is 15.9. The number of halogens is 2. The lowest BCUT2D eigenvalue weighted by atomic mass is 10.2. The summed E-state index contributed by atoms with van der Waals surface area (Å²) in [5.74, 6) is -1.19. The molecule has 2 rings (SSSR count). The zero-order chi connectivity index (χ0) is 16.1. The van der Waals surface area contributed by atoms with Gasteiger partial charge in [0.25, 0.3) is 5.91 Å². The van der Waals surface area contributed by atoms with Gasteiger partial charge in [-0.1, -0.05) is 11.6 Å². The van der Waals surface area contributed by atoms with Gasteiger partial charge in [0.1, 0.15) is 5.82 Å². The van der Waals surface area contributed by atoms with Gasteiger partial charge in [-0.05, 0) is 42.5 Å². The number of benzene rings is 2. The molecular formula is C15H13ClFN3O2. The average Bonchev–Trinajstić information content (AvgIpc) is 2.50. The van der Waals surface area contributed by atoms with E-state index in [2.05, 4.69) is 10.6 Å². The van der Waals surface area contributed by atoms with Gasteiger partial charge in [-0.15, -0.1) is 0 Å². The number of nitrogens with one attached hydrogen (secondary N) is 2. The fourth-order valence-corrected chi connectivity index (χ4v) is 1.93. The summed E-state index contributed by atoms with van der Waals surface area (Å²) in [7, 11) is 0. The number of carbonyl (C=O) groups is 2. The number of hydrogen-bond acceptors (Lipinski definition) is 3. The number of amides is 2. The molecular weight excluding hydrogens is 309 g/mol. The van der Waals surface area contributed by atoms with Crippen LogP contribution >= 0.6 is 11.6 Å². The normalized spacial score (nSPS) is 10.1. The Hall–Kier alpha value is -2.44. The van der Waals surface area contributed by atoms with E-state index in [0.29, 0.717) is 16.9 Å². The first-order valence-corrected chi connectivity index (χ1v) is 6.74. The van der Waals surface area contributed by atoms with Crippen LogP contribution in [0.1, 0.15) is 10.4 Å². The van der Waals surface area contributed by atoms with E-state index in [4.69, 9.17) is 17.3 Å². The Morgan fingerprint density at radius 3 is 2.36 bits per heavy atom. The highest BCUT2D eigenvalue weighted by Crippen LogP contribution is 2.26. The van der Waals surface area contributed by atoms with Gasteiger partial charge in [0, 0.05) is 11.3 Å². The molecule has 0 unspecified atom stereocenters. The molecule has 5 nitrogen and oxygen atoms in total. The zero-order valence-corrected chi connectivity index (χ0v) is 12.2. The molecule has 0 saturated carbocycles. The zero-order valence-electron chi connectivity index (χ0n) is 11.4. The summed E-state index contributed by atoms with van der Waals surface area (Å²) in [5.41, 5.74) is 6.35. The minimum Gasteiger partial charge on any atom is -0.325 e. The van der Waals surface area contributed by atoms with Crippen molar-refractivity contribution in [2.45, 2.75) is 0 Å². The maximum Gasteiger partial charge on any atom is 0.255 e. The number of rotatable bonds is 4. The van der Waals surface area contributed by atoms with E-state index >= 15 is 0 Å². The molecule has 2 amide bonds. The van der Waals surface area contributed by atoms with Crippen LogP contribution in [0.2, 0.25) is 5.02 Å². The molecule has 2 aromatic carbocycles. The molecule has 0 aliphatic heterocycles. The lowest BCUT2D eigenvalue weighted by Crippen LogP contribution is -2.21. The van der Waals surface area contributed by atoms with Crippen LogP contribution in [0.5, 0.6) is 0 Å². The second kappa shape index (κ2) is 7.02. The summed E-state index contributed by atoms with van der Waals surface area (Å²) in [5, 5.41) is 5.41. The predicted octanol–water partition coefficient (Wildman–Crippen LogP) is 2.63. The van der Waals surface area contributed by atoms with Crippen molar-refractivity contribution in [2.24, 2.45) is 5.73 Å². The number of nitrogens with two attached hydrogens (primary N) is 1. The van der Waals surface area contributed by atoms with Crippen molar-refractivity contribution in [3.63, 3.8) is 0 Å². The van der Waals surface area contributed by atoms with Gasteiger partial charge in [0.15, 0.2) is 0 Å². The molecule has 22 heavy (non-hydrogen) atoms. The first-order valence-electron chi connectivity index (χ1n) is 6.36. The molecule has 0 bridgehead atoms. The largest absolute Gasteiger partial charge is 0.325 e. The Labute approximate surface area is 131 Å². The fourth-order valence-electron chi connectivity index (χ4n) is 1.70.